The molecule has 1 saturated heterocycles. The standard InChI is InChI=1S/C9H11FN2O2S2/c10-8-2-1-4-11-9(8)16(13,14)12-7-3-5-15-6-7/h1-2,4,7,12H,3,5-6H2. The van der Waals surface area contributed by atoms with Gasteiger partial charge in [0.05, 0.1) is 0 Å². The van der Waals surface area contributed by atoms with E-state index in [0.717, 1.165) is 24.0 Å². The third-order valence-electron chi connectivity index (χ3n) is 2.23. The van der Waals surface area contributed by atoms with Gasteiger partial charge in [-0.2, -0.15) is 11.8 Å². The molecule has 0 aliphatic carbocycles. The molecule has 0 radical (unpaired) electrons. The second-order valence-corrected chi connectivity index (χ2v) is 6.25. The number of nitrogens with zero attached hydrogens (tertiary/aromatic N) is 1. The van der Waals surface area contributed by atoms with Crippen LogP contribution in [-0.2, 0) is 10.0 Å². The van der Waals surface area contributed by atoms with Crippen LogP contribution in [0.5, 0.6) is 0 Å². The summed E-state index contributed by atoms with van der Waals surface area (Å²) in [6.07, 6.45) is 2.04. The third-order valence-corrected chi connectivity index (χ3v) is 4.85. The highest BCUT2D eigenvalue weighted by molar-refractivity contribution is 7.99. The predicted octanol–water partition coefficient (Wildman–Crippen LogP) is 1.00. The fourth-order valence-corrected chi connectivity index (χ4v) is 4.01. The molecule has 1 atom stereocenters. The van der Waals surface area contributed by atoms with Gasteiger partial charge in [0, 0.05) is 18.0 Å². The van der Waals surface area contributed by atoms with Crippen LogP contribution in [0.25, 0.3) is 0 Å². The molecule has 1 N–H and O–H groups in total. The van der Waals surface area contributed by atoms with E-state index < -0.39 is 20.9 Å². The third kappa shape index (κ3) is 2.53. The smallest absolute Gasteiger partial charge is 0.241 e. The van der Waals surface area contributed by atoms with Gasteiger partial charge in [0.1, 0.15) is 0 Å². The van der Waals surface area contributed by atoms with E-state index >= 15 is 0 Å². The molecule has 88 valence electrons. The van der Waals surface area contributed by atoms with Crippen LogP contribution in [0, 0.1) is 5.82 Å². The van der Waals surface area contributed by atoms with E-state index in [1.807, 2.05) is 0 Å². The van der Waals surface area contributed by atoms with Gasteiger partial charge in [0.15, 0.2) is 5.82 Å². The van der Waals surface area contributed by atoms with Gasteiger partial charge >= 0.3 is 0 Å². The van der Waals surface area contributed by atoms with Crippen LogP contribution in [0.15, 0.2) is 23.4 Å². The van der Waals surface area contributed by atoms with Crippen molar-refractivity contribution in [1.29, 1.82) is 0 Å². The summed E-state index contributed by atoms with van der Waals surface area (Å²) in [7, 11) is -3.82. The maximum atomic E-state index is 13.3. The lowest BCUT2D eigenvalue weighted by atomic mass is 10.3. The summed E-state index contributed by atoms with van der Waals surface area (Å²) in [5.41, 5.74) is 0. The van der Waals surface area contributed by atoms with Gasteiger partial charge < -0.3 is 0 Å². The van der Waals surface area contributed by atoms with Crippen LogP contribution in [0.3, 0.4) is 0 Å². The summed E-state index contributed by atoms with van der Waals surface area (Å²) in [5, 5.41) is -0.521. The Labute approximate surface area is 97.7 Å². The lowest BCUT2D eigenvalue weighted by molar-refractivity contribution is 0.534. The molecular formula is C9H11FN2O2S2. The normalized spacial score (nSPS) is 21.2. The van der Waals surface area contributed by atoms with Gasteiger partial charge in [-0.05, 0) is 24.3 Å². The van der Waals surface area contributed by atoms with Gasteiger partial charge in [-0.3, -0.25) is 0 Å². The Morgan fingerprint density at radius 3 is 3.00 bits per heavy atom. The number of sulfonamides is 1. The summed E-state index contributed by atoms with van der Waals surface area (Å²) in [6, 6.07) is 2.33. The number of halogens is 1. The van der Waals surface area contributed by atoms with E-state index in [-0.39, 0.29) is 6.04 Å². The lowest BCUT2D eigenvalue weighted by Gasteiger charge is -2.11. The van der Waals surface area contributed by atoms with Gasteiger partial charge in [0.2, 0.25) is 5.03 Å². The Morgan fingerprint density at radius 1 is 1.56 bits per heavy atom. The number of thioether (sulfide) groups is 1. The van der Waals surface area contributed by atoms with Crippen LogP contribution in [-0.4, -0.2) is 30.9 Å². The van der Waals surface area contributed by atoms with Crippen molar-refractivity contribution in [2.75, 3.05) is 11.5 Å². The van der Waals surface area contributed by atoms with E-state index in [1.165, 1.54) is 12.3 Å². The minimum Gasteiger partial charge on any atom is -0.241 e. The molecule has 16 heavy (non-hydrogen) atoms. The molecule has 1 unspecified atom stereocenters. The summed E-state index contributed by atoms with van der Waals surface area (Å²) in [5.74, 6) is 0.839. The van der Waals surface area contributed by atoms with Gasteiger partial charge in [-0.15, -0.1) is 0 Å². The van der Waals surface area contributed by atoms with E-state index in [9.17, 15) is 12.8 Å². The van der Waals surface area contributed by atoms with Crippen molar-refractivity contribution in [2.24, 2.45) is 0 Å². The van der Waals surface area contributed by atoms with Crippen LogP contribution in [0.4, 0.5) is 4.39 Å². The number of rotatable bonds is 3. The van der Waals surface area contributed by atoms with Crippen molar-refractivity contribution in [1.82, 2.24) is 9.71 Å². The summed E-state index contributed by atoms with van der Waals surface area (Å²) in [6.45, 7) is 0. The van der Waals surface area contributed by atoms with Crippen LogP contribution < -0.4 is 4.72 Å². The molecule has 0 aromatic carbocycles. The zero-order chi connectivity index (χ0) is 11.6. The number of aromatic nitrogens is 1. The zero-order valence-corrected chi connectivity index (χ0v) is 10.0. The first-order valence-electron chi connectivity index (χ1n) is 4.80. The molecule has 1 aliphatic heterocycles. The molecule has 0 spiro atoms. The minimum absolute atomic E-state index is 0.114. The molecule has 0 amide bonds. The molecular weight excluding hydrogens is 251 g/mol. The van der Waals surface area contributed by atoms with Gasteiger partial charge in [-0.1, -0.05) is 0 Å². The first-order valence-corrected chi connectivity index (χ1v) is 7.44. The van der Waals surface area contributed by atoms with Crippen molar-refractivity contribution in [3.63, 3.8) is 0 Å². The van der Waals surface area contributed by atoms with Crippen LogP contribution in [0.2, 0.25) is 0 Å². The van der Waals surface area contributed by atoms with Crippen molar-refractivity contribution in [3.8, 4) is 0 Å². The highest BCUT2D eigenvalue weighted by atomic mass is 32.2. The van der Waals surface area contributed by atoms with Crippen LogP contribution in [0.1, 0.15) is 6.42 Å². The van der Waals surface area contributed by atoms with Crippen molar-refractivity contribution in [3.05, 3.63) is 24.1 Å². The Kier molecular flexibility index (Phi) is 3.46. The molecule has 1 aromatic heterocycles. The van der Waals surface area contributed by atoms with Crippen LogP contribution >= 0.6 is 11.8 Å². The molecule has 4 nitrogen and oxygen atoms in total. The predicted molar refractivity (Wildman–Crippen MR) is 60.2 cm³/mol. The molecule has 2 rings (SSSR count). The maximum absolute atomic E-state index is 13.3. The Balaban J connectivity index is 2.21. The first-order chi connectivity index (χ1) is 7.59. The lowest BCUT2D eigenvalue weighted by Crippen LogP contribution is -2.35. The average Bonchev–Trinajstić information content (AvgIpc) is 2.70. The highest BCUT2D eigenvalue weighted by Gasteiger charge is 2.26. The van der Waals surface area contributed by atoms with E-state index in [2.05, 4.69) is 9.71 Å². The number of pyridine rings is 1. The Bertz CT molecular complexity index is 472. The summed E-state index contributed by atoms with van der Waals surface area (Å²) < 4.78 is 39.3. The molecule has 1 aliphatic rings. The second-order valence-electron chi connectivity index (χ2n) is 3.47. The van der Waals surface area contributed by atoms with Gasteiger partial charge in [-0.25, -0.2) is 22.5 Å². The fraction of sp³-hybridized carbons (Fsp3) is 0.444. The second kappa shape index (κ2) is 4.68. The fourth-order valence-electron chi connectivity index (χ4n) is 1.47. The maximum Gasteiger partial charge on any atom is 0.261 e. The molecule has 0 bridgehead atoms. The SMILES string of the molecule is O=S(=O)(NC1CCSC1)c1ncccc1F. The Morgan fingerprint density at radius 2 is 2.38 bits per heavy atom. The zero-order valence-electron chi connectivity index (χ0n) is 8.39. The van der Waals surface area contributed by atoms with Crippen molar-refractivity contribution < 1.29 is 12.8 Å². The van der Waals surface area contributed by atoms with Crippen molar-refractivity contribution in [2.45, 2.75) is 17.5 Å². The summed E-state index contributed by atoms with van der Waals surface area (Å²) in [4.78, 5) is 3.56. The average molecular weight is 262 g/mol. The quantitative estimate of drug-likeness (QED) is 0.883. The molecule has 1 aromatic rings. The molecule has 0 saturated carbocycles. The van der Waals surface area contributed by atoms with E-state index in [4.69, 9.17) is 0 Å². The highest BCUT2D eigenvalue weighted by Crippen LogP contribution is 2.19. The largest absolute Gasteiger partial charge is 0.261 e. The monoisotopic (exact) mass is 262 g/mol. The number of hydrogen-bond donors (Lipinski definition) is 1. The molecule has 1 fully saturated rings. The van der Waals surface area contributed by atoms with E-state index in [0.29, 0.717) is 0 Å². The minimum atomic E-state index is -3.82. The van der Waals surface area contributed by atoms with E-state index in [1.54, 1.807) is 11.8 Å². The molecule has 2 heterocycles. The number of nitrogens with one attached hydrogen (secondary N) is 1. The topological polar surface area (TPSA) is 59.1 Å². The van der Waals surface area contributed by atoms with Gasteiger partial charge in [0.25, 0.3) is 10.0 Å². The Hall–Kier alpha value is -0.660. The summed E-state index contributed by atoms with van der Waals surface area (Å²) >= 11 is 1.68. The molecule has 7 heteroatoms. The first kappa shape index (κ1) is 11.8. The number of hydrogen-bond acceptors (Lipinski definition) is 4. The van der Waals surface area contributed by atoms with Crippen molar-refractivity contribution >= 4 is 21.8 Å².